The van der Waals surface area contributed by atoms with Crippen LogP contribution in [0.15, 0.2) is 94.1 Å². The summed E-state index contributed by atoms with van der Waals surface area (Å²) in [5.74, 6) is -1.47. The van der Waals surface area contributed by atoms with E-state index >= 15 is 0 Å². The summed E-state index contributed by atoms with van der Waals surface area (Å²) in [7, 11) is 0. The first kappa shape index (κ1) is 23.3. The van der Waals surface area contributed by atoms with Crippen LogP contribution in [0.5, 0.6) is 5.75 Å². The highest BCUT2D eigenvalue weighted by molar-refractivity contribution is 6.07. The highest BCUT2D eigenvalue weighted by Crippen LogP contribution is 2.42. The van der Waals surface area contributed by atoms with E-state index in [1.807, 2.05) is 0 Å². The second kappa shape index (κ2) is 9.31. The molecule has 9 heteroatoms. The van der Waals surface area contributed by atoms with Crippen LogP contribution in [0, 0.1) is 5.41 Å². The molecule has 37 heavy (non-hydrogen) atoms. The van der Waals surface area contributed by atoms with Gasteiger partial charge in [0.1, 0.15) is 17.1 Å². The van der Waals surface area contributed by atoms with Gasteiger partial charge in [-0.2, -0.15) is 0 Å². The third kappa shape index (κ3) is 4.61. The molecule has 1 aliphatic heterocycles. The number of fused-ring (bicyclic) bond motifs is 2. The Morgan fingerprint density at radius 1 is 0.919 bits per heavy atom. The van der Waals surface area contributed by atoms with Crippen molar-refractivity contribution in [2.75, 3.05) is 5.32 Å². The van der Waals surface area contributed by atoms with Gasteiger partial charge < -0.3 is 25.3 Å². The van der Waals surface area contributed by atoms with Crippen LogP contribution in [0.4, 0.5) is 5.69 Å². The van der Waals surface area contributed by atoms with E-state index in [9.17, 15) is 19.5 Å². The molecule has 5 rings (SSSR count). The van der Waals surface area contributed by atoms with E-state index in [-0.39, 0.29) is 34.0 Å². The second-order valence-corrected chi connectivity index (χ2v) is 8.15. The summed E-state index contributed by atoms with van der Waals surface area (Å²) in [4.78, 5) is 36.7. The highest BCUT2D eigenvalue weighted by atomic mass is 16.5. The van der Waals surface area contributed by atoms with E-state index in [0.717, 1.165) is 0 Å². The molecule has 0 saturated carbocycles. The maximum absolute atomic E-state index is 12.7. The van der Waals surface area contributed by atoms with Crippen molar-refractivity contribution in [3.8, 4) is 28.2 Å². The molecule has 3 aromatic carbocycles. The molecule has 0 unspecified atom stereocenters. The van der Waals surface area contributed by atoms with Crippen molar-refractivity contribution < 1.29 is 23.8 Å². The van der Waals surface area contributed by atoms with Crippen LogP contribution in [-0.4, -0.2) is 23.0 Å². The van der Waals surface area contributed by atoms with Crippen molar-refractivity contribution in [2.45, 2.75) is 0 Å². The van der Waals surface area contributed by atoms with Gasteiger partial charge in [0.25, 0.3) is 0 Å². The number of hydrogen-bond acceptors (Lipinski definition) is 6. The summed E-state index contributed by atoms with van der Waals surface area (Å²) in [6.07, 6.45) is 0. The minimum atomic E-state index is -1.09. The van der Waals surface area contributed by atoms with E-state index in [1.165, 1.54) is 36.4 Å². The van der Waals surface area contributed by atoms with Crippen LogP contribution in [0.1, 0.15) is 20.7 Å². The SMILES string of the molecule is N=C(N)Nc1ccc(C(=O)Oc2ccc3c(-c4ccccc4C(=O)O)c4ccc(=O)cc-4oc3c2)cc1. The van der Waals surface area contributed by atoms with Gasteiger partial charge in [0.15, 0.2) is 11.4 Å². The molecule has 0 aromatic heterocycles. The lowest BCUT2D eigenvalue weighted by molar-refractivity contribution is 0.0695. The molecule has 0 spiro atoms. The predicted molar refractivity (Wildman–Crippen MR) is 138 cm³/mol. The Hall–Kier alpha value is -5.44. The Labute approximate surface area is 209 Å². The number of anilines is 1. The zero-order valence-corrected chi connectivity index (χ0v) is 19.1. The van der Waals surface area contributed by atoms with Crippen LogP contribution in [0.3, 0.4) is 0 Å². The lowest BCUT2D eigenvalue weighted by atomic mass is 9.91. The van der Waals surface area contributed by atoms with Crippen molar-refractivity contribution in [1.82, 2.24) is 0 Å². The van der Waals surface area contributed by atoms with Gasteiger partial charge in [0.05, 0.1) is 11.1 Å². The maximum Gasteiger partial charge on any atom is 0.343 e. The number of hydrogen-bond donors (Lipinski definition) is 4. The van der Waals surface area contributed by atoms with Gasteiger partial charge in [-0.3, -0.25) is 10.2 Å². The summed E-state index contributed by atoms with van der Waals surface area (Å²) >= 11 is 0. The third-order valence-corrected chi connectivity index (χ3v) is 5.70. The first-order chi connectivity index (χ1) is 17.8. The number of nitrogens with one attached hydrogen (secondary N) is 2. The lowest BCUT2D eigenvalue weighted by Gasteiger charge is -2.17. The molecule has 0 radical (unpaired) electrons. The lowest BCUT2D eigenvalue weighted by Crippen LogP contribution is -2.20. The Bertz CT molecular complexity index is 1720. The van der Waals surface area contributed by atoms with Crippen LogP contribution in [-0.2, 0) is 0 Å². The van der Waals surface area contributed by atoms with E-state index in [0.29, 0.717) is 33.3 Å². The standard InChI is InChI=1S/C28H19N3O6/c29-28(30)31-16-7-5-15(6-8-16)27(35)36-18-10-12-22-24(14-18)37-23-13-17(32)9-11-21(23)25(22)19-3-1-2-4-20(19)26(33)34/h1-14H,(H,33,34)(H4,29,30,31). The molecule has 9 nitrogen and oxygen atoms in total. The zero-order chi connectivity index (χ0) is 26.1. The number of carbonyl (C=O) groups excluding carboxylic acids is 1. The maximum atomic E-state index is 12.7. The molecule has 182 valence electrons. The minimum absolute atomic E-state index is 0.0979. The first-order valence-corrected chi connectivity index (χ1v) is 11.1. The minimum Gasteiger partial charge on any atom is -0.478 e. The van der Waals surface area contributed by atoms with Crippen molar-refractivity contribution in [3.05, 3.63) is 106 Å². The van der Waals surface area contributed by atoms with Gasteiger partial charge in [-0.25, -0.2) is 9.59 Å². The number of nitrogens with two attached hydrogens (primary N) is 1. The third-order valence-electron chi connectivity index (χ3n) is 5.70. The number of benzene rings is 4. The molecule has 0 amide bonds. The van der Waals surface area contributed by atoms with Gasteiger partial charge >= 0.3 is 11.9 Å². The normalized spacial score (nSPS) is 10.8. The Morgan fingerprint density at radius 2 is 1.68 bits per heavy atom. The average Bonchev–Trinajstić information content (AvgIpc) is 2.87. The summed E-state index contributed by atoms with van der Waals surface area (Å²) < 4.78 is 11.5. The number of guanidine groups is 1. The highest BCUT2D eigenvalue weighted by Gasteiger charge is 2.22. The van der Waals surface area contributed by atoms with Crippen LogP contribution in [0.25, 0.3) is 33.4 Å². The van der Waals surface area contributed by atoms with Crippen LogP contribution >= 0.6 is 0 Å². The molecule has 1 heterocycles. The molecule has 5 N–H and O–H groups in total. The molecule has 1 aliphatic carbocycles. The van der Waals surface area contributed by atoms with Crippen LogP contribution in [0.2, 0.25) is 0 Å². The predicted octanol–water partition coefficient (Wildman–Crippen LogP) is 4.79. The summed E-state index contributed by atoms with van der Waals surface area (Å²) in [6, 6.07) is 21.9. The monoisotopic (exact) mass is 493 g/mol. The van der Waals surface area contributed by atoms with Gasteiger partial charge in [-0.1, -0.05) is 18.2 Å². The van der Waals surface area contributed by atoms with E-state index in [1.54, 1.807) is 48.5 Å². The Kier molecular flexibility index (Phi) is 5.86. The fourth-order valence-corrected chi connectivity index (χ4v) is 4.10. The van der Waals surface area contributed by atoms with Crippen molar-refractivity contribution in [3.63, 3.8) is 0 Å². The molecular formula is C28H19N3O6. The molecular weight excluding hydrogens is 474 g/mol. The number of carboxylic acids is 1. The topological polar surface area (TPSA) is 156 Å². The number of carboxylic acid groups (broad SMARTS) is 1. The number of ether oxygens (including phenoxy) is 1. The van der Waals surface area contributed by atoms with Crippen LogP contribution < -0.4 is 21.2 Å². The molecule has 0 bridgehead atoms. The quantitative estimate of drug-likeness (QED) is 0.0895. The summed E-state index contributed by atoms with van der Waals surface area (Å²) in [5, 5.41) is 20.3. The van der Waals surface area contributed by atoms with E-state index in [2.05, 4.69) is 5.32 Å². The summed E-state index contributed by atoms with van der Waals surface area (Å²) in [6.45, 7) is 0. The molecule has 3 aromatic rings. The number of carbonyl (C=O) groups is 2. The fourth-order valence-electron chi connectivity index (χ4n) is 4.10. The Morgan fingerprint density at radius 3 is 2.41 bits per heavy atom. The van der Waals surface area contributed by atoms with Gasteiger partial charge in [-0.15, -0.1) is 0 Å². The smallest absolute Gasteiger partial charge is 0.343 e. The van der Waals surface area contributed by atoms with Gasteiger partial charge in [0.2, 0.25) is 0 Å². The Balaban J connectivity index is 1.59. The average molecular weight is 493 g/mol. The van der Waals surface area contributed by atoms with Gasteiger partial charge in [-0.05, 0) is 60.2 Å². The number of rotatable bonds is 5. The summed E-state index contributed by atoms with van der Waals surface area (Å²) in [5.41, 5.74) is 7.89. The van der Waals surface area contributed by atoms with Crippen molar-refractivity contribution in [2.24, 2.45) is 5.73 Å². The molecule has 0 saturated heterocycles. The van der Waals surface area contributed by atoms with E-state index < -0.39 is 11.9 Å². The first-order valence-electron chi connectivity index (χ1n) is 11.1. The second-order valence-electron chi connectivity index (χ2n) is 8.15. The van der Waals surface area contributed by atoms with Gasteiger partial charge in [0, 0.05) is 34.3 Å². The van der Waals surface area contributed by atoms with Crippen molar-refractivity contribution >= 4 is 34.6 Å². The molecule has 2 aliphatic rings. The van der Waals surface area contributed by atoms with E-state index in [4.69, 9.17) is 20.3 Å². The number of esters is 1. The van der Waals surface area contributed by atoms with Crippen molar-refractivity contribution in [1.29, 1.82) is 5.41 Å². The molecule has 0 fully saturated rings. The fraction of sp³-hybridized carbons (Fsp3) is 0. The molecule has 0 atom stereocenters. The largest absolute Gasteiger partial charge is 0.478 e. The number of aromatic carboxylic acids is 1. The zero-order valence-electron chi connectivity index (χ0n) is 19.1.